The fourth-order valence-corrected chi connectivity index (χ4v) is 3.32. The van der Waals surface area contributed by atoms with Gasteiger partial charge in [0.2, 0.25) is 0 Å². The van der Waals surface area contributed by atoms with Gasteiger partial charge in [0.15, 0.2) is 0 Å². The van der Waals surface area contributed by atoms with E-state index in [0.29, 0.717) is 0 Å². The summed E-state index contributed by atoms with van der Waals surface area (Å²) < 4.78 is 0. The fourth-order valence-electron chi connectivity index (χ4n) is 2.39. The van der Waals surface area contributed by atoms with Crippen LogP contribution in [0.5, 0.6) is 0 Å². The average Bonchev–Trinajstić information content (AvgIpc) is 2.55. The topological polar surface area (TPSA) is 40.5 Å². The molecule has 0 spiro atoms. The number of carboxylic acid groups (broad SMARTS) is 1. The lowest BCUT2D eigenvalue weighted by molar-refractivity contribution is -0.143. The second-order valence-electron chi connectivity index (χ2n) is 4.70. The Morgan fingerprint density at radius 3 is 3.00 bits per heavy atom. The van der Waals surface area contributed by atoms with Crippen LogP contribution in [0.25, 0.3) is 0 Å². The molecule has 1 atom stereocenters. The summed E-state index contributed by atoms with van der Waals surface area (Å²) in [6, 6.07) is 1.81. The zero-order chi connectivity index (χ0) is 12.3. The molecule has 1 N–H and O–H groups in total. The van der Waals surface area contributed by atoms with Crippen LogP contribution in [0.3, 0.4) is 0 Å². The lowest BCUT2D eigenvalue weighted by Gasteiger charge is -2.26. The van der Waals surface area contributed by atoms with E-state index in [4.69, 9.17) is 0 Å². The highest BCUT2D eigenvalue weighted by molar-refractivity contribution is 7.10. The molecule has 1 aromatic heterocycles. The molecule has 4 heteroatoms. The Morgan fingerprint density at radius 1 is 1.53 bits per heavy atom. The maximum Gasteiger partial charge on any atom is 0.320 e. The summed E-state index contributed by atoms with van der Waals surface area (Å²) >= 11 is 1.73. The van der Waals surface area contributed by atoms with Crippen LogP contribution in [0.1, 0.15) is 36.1 Å². The summed E-state index contributed by atoms with van der Waals surface area (Å²) in [4.78, 5) is 14.7. The summed E-state index contributed by atoms with van der Waals surface area (Å²) in [7, 11) is 0. The molecule has 0 aromatic carbocycles. The highest BCUT2D eigenvalue weighted by atomic mass is 32.1. The van der Waals surface area contributed by atoms with Crippen LogP contribution in [-0.2, 0) is 11.3 Å². The molecule has 0 saturated carbocycles. The first-order chi connectivity index (χ1) is 8.18. The molecule has 1 aliphatic heterocycles. The van der Waals surface area contributed by atoms with Gasteiger partial charge in [-0.15, -0.1) is 11.3 Å². The van der Waals surface area contributed by atoms with Crippen molar-refractivity contribution in [2.45, 2.75) is 45.2 Å². The van der Waals surface area contributed by atoms with Crippen molar-refractivity contribution in [3.8, 4) is 0 Å². The van der Waals surface area contributed by atoms with Crippen LogP contribution in [0.2, 0.25) is 0 Å². The summed E-state index contributed by atoms with van der Waals surface area (Å²) in [6.45, 7) is 3.80. The van der Waals surface area contributed by atoms with Gasteiger partial charge in [0, 0.05) is 11.4 Å². The van der Waals surface area contributed by atoms with Crippen LogP contribution >= 0.6 is 11.3 Å². The van der Waals surface area contributed by atoms with Gasteiger partial charge >= 0.3 is 5.97 Å². The third-order valence-corrected chi connectivity index (χ3v) is 4.47. The summed E-state index contributed by atoms with van der Waals surface area (Å²) in [5.41, 5.74) is 1.28. The molecule has 0 amide bonds. The Kier molecular flexibility index (Phi) is 4.18. The predicted octanol–water partition coefficient (Wildman–Crippen LogP) is 2.89. The fraction of sp³-hybridized carbons (Fsp3) is 0.615. The molecule has 1 aromatic rings. The minimum Gasteiger partial charge on any atom is -0.480 e. The van der Waals surface area contributed by atoms with E-state index in [1.807, 2.05) is 0 Å². The number of aliphatic carboxylic acids is 1. The molecule has 2 rings (SSSR count). The van der Waals surface area contributed by atoms with Gasteiger partial charge in [-0.3, -0.25) is 9.69 Å². The van der Waals surface area contributed by atoms with E-state index < -0.39 is 5.97 Å². The normalized spacial score (nSPS) is 22.3. The molecular weight excluding hydrogens is 234 g/mol. The minimum atomic E-state index is -0.666. The highest BCUT2D eigenvalue weighted by Crippen LogP contribution is 2.23. The molecule has 17 heavy (non-hydrogen) atoms. The van der Waals surface area contributed by atoms with E-state index in [1.165, 1.54) is 10.4 Å². The van der Waals surface area contributed by atoms with E-state index in [9.17, 15) is 9.90 Å². The van der Waals surface area contributed by atoms with Crippen molar-refractivity contribution in [1.82, 2.24) is 4.90 Å². The first-order valence-corrected chi connectivity index (χ1v) is 7.06. The summed E-state index contributed by atoms with van der Waals surface area (Å²) in [5, 5.41) is 11.4. The third-order valence-electron chi connectivity index (χ3n) is 3.46. The summed E-state index contributed by atoms with van der Waals surface area (Å²) in [6.07, 6.45) is 4.11. The highest BCUT2D eigenvalue weighted by Gasteiger charge is 2.27. The second kappa shape index (κ2) is 5.65. The van der Waals surface area contributed by atoms with Crippen LogP contribution in [0, 0.1) is 6.92 Å². The molecule has 1 unspecified atom stereocenters. The van der Waals surface area contributed by atoms with Gasteiger partial charge < -0.3 is 5.11 Å². The number of carboxylic acids is 1. The van der Waals surface area contributed by atoms with Gasteiger partial charge in [-0.25, -0.2) is 0 Å². The van der Waals surface area contributed by atoms with Gasteiger partial charge in [-0.2, -0.15) is 0 Å². The molecule has 1 saturated heterocycles. The number of rotatable bonds is 3. The molecule has 0 aliphatic carbocycles. The standard InChI is InChI=1S/C13H19NO2S/c1-10-6-8-17-12(10)9-14-7-4-2-3-5-11(14)13(15)16/h6,8,11H,2-5,7,9H2,1H3,(H,15,16). The van der Waals surface area contributed by atoms with Crippen molar-refractivity contribution >= 4 is 17.3 Å². The molecule has 0 radical (unpaired) electrons. The number of nitrogens with zero attached hydrogens (tertiary/aromatic N) is 1. The number of hydrogen-bond donors (Lipinski definition) is 1. The number of aryl methyl sites for hydroxylation is 1. The Labute approximate surface area is 106 Å². The number of thiophene rings is 1. The average molecular weight is 253 g/mol. The van der Waals surface area contributed by atoms with Crippen LogP contribution in [0.15, 0.2) is 11.4 Å². The SMILES string of the molecule is Cc1ccsc1CN1CCCCCC1C(=O)O. The van der Waals surface area contributed by atoms with E-state index >= 15 is 0 Å². The molecule has 0 bridgehead atoms. The molecule has 1 fully saturated rings. The maximum absolute atomic E-state index is 11.3. The maximum atomic E-state index is 11.3. The van der Waals surface area contributed by atoms with Gasteiger partial charge in [-0.1, -0.05) is 12.8 Å². The molecule has 1 aliphatic rings. The van der Waals surface area contributed by atoms with Crippen molar-refractivity contribution in [3.63, 3.8) is 0 Å². The quantitative estimate of drug-likeness (QED) is 0.900. The Morgan fingerprint density at radius 2 is 2.35 bits per heavy atom. The van der Waals surface area contributed by atoms with Crippen molar-refractivity contribution in [1.29, 1.82) is 0 Å². The number of likely N-dealkylation sites (tertiary alicyclic amines) is 1. The van der Waals surface area contributed by atoms with Crippen molar-refractivity contribution in [2.75, 3.05) is 6.54 Å². The van der Waals surface area contributed by atoms with E-state index in [2.05, 4.69) is 23.3 Å². The van der Waals surface area contributed by atoms with E-state index in [1.54, 1.807) is 11.3 Å². The van der Waals surface area contributed by atoms with Crippen LogP contribution < -0.4 is 0 Å². The van der Waals surface area contributed by atoms with Crippen LogP contribution in [-0.4, -0.2) is 28.6 Å². The second-order valence-corrected chi connectivity index (χ2v) is 5.70. The van der Waals surface area contributed by atoms with Gasteiger partial charge in [0.1, 0.15) is 6.04 Å². The Bertz CT molecular complexity index is 389. The lowest BCUT2D eigenvalue weighted by atomic mass is 10.1. The smallest absolute Gasteiger partial charge is 0.320 e. The van der Waals surface area contributed by atoms with Crippen LogP contribution in [0.4, 0.5) is 0 Å². The van der Waals surface area contributed by atoms with Gasteiger partial charge in [0.25, 0.3) is 0 Å². The molecule has 2 heterocycles. The van der Waals surface area contributed by atoms with Gasteiger partial charge in [0.05, 0.1) is 0 Å². The summed E-state index contributed by atoms with van der Waals surface area (Å²) in [5.74, 6) is -0.666. The number of hydrogen-bond acceptors (Lipinski definition) is 3. The van der Waals surface area contributed by atoms with Crippen molar-refractivity contribution in [2.24, 2.45) is 0 Å². The molecule has 94 valence electrons. The first-order valence-electron chi connectivity index (χ1n) is 6.18. The third kappa shape index (κ3) is 3.07. The van der Waals surface area contributed by atoms with E-state index in [0.717, 1.165) is 38.8 Å². The molecular formula is C13H19NO2S. The first kappa shape index (κ1) is 12.6. The van der Waals surface area contributed by atoms with Gasteiger partial charge in [-0.05, 0) is 43.3 Å². The van der Waals surface area contributed by atoms with E-state index in [-0.39, 0.29) is 6.04 Å². The molecule has 3 nitrogen and oxygen atoms in total. The Hall–Kier alpha value is -0.870. The zero-order valence-corrected chi connectivity index (χ0v) is 11.0. The largest absolute Gasteiger partial charge is 0.480 e. The van der Waals surface area contributed by atoms with Crippen molar-refractivity contribution < 1.29 is 9.90 Å². The lowest BCUT2D eigenvalue weighted by Crippen LogP contribution is -2.40. The zero-order valence-electron chi connectivity index (χ0n) is 10.2. The predicted molar refractivity (Wildman–Crippen MR) is 69.4 cm³/mol. The monoisotopic (exact) mass is 253 g/mol. The van der Waals surface area contributed by atoms with Crippen molar-refractivity contribution in [3.05, 3.63) is 21.9 Å². The minimum absolute atomic E-state index is 0.293. The Balaban J connectivity index is 2.10. The number of carbonyl (C=O) groups is 1.